The lowest BCUT2D eigenvalue weighted by Crippen LogP contribution is -2.02. The molecule has 0 saturated carbocycles. The van der Waals surface area contributed by atoms with Crippen molar-refractivity contribution in [3.63, 3.8) is 0 Å². The van der Waals surface area contributed by atoms with E-state index < -0.39 is 0 Å². The number of nitrogens with zero attached hydrogens (tertiary/aromatic N) is 2. The zero-order valence-corrected chi connectivity index (χ0v) is 5.77. The molecule has 0 aliphatic heterocycles. The molecular weight excluding hydrogens is 140 g/mol. The first-order valence-corrected chi connectivity index (χ1v) is 3.11. The number of hydrogen-bond acceptors (Lipinski definition) is 1. The average Bonchev–Trinajstić information content (AvgIpc) is 2.09. The fourth-order valence-electron chi connectivity index (χ4n) is 0.758. The number of hydrogen-bond donors (Lipinski definition) is 0. The molecule has 0 aliphatic rings. The molecule has 3 nitrogen and oxygen atoms in total. The average molecular weight is 146 g/mol. The summed E-state index contributed by atoms with van der Waals surface area (Å²) < 4.78 is 0. The highest BCUT2D eigenvalue weighted by molar-refractivity contribution is 6.33. The van der Waals surface area contributed by atoms with E-state index in [-0.39, 0.29) is 5.71 Å². The summed E-state index contributed by atoms with van der Waals surface area (Å²) in [5.41, 5.74) is 9.00. The van der Waals surface area contributed by atoms with Gasteiger partial charge in [0.2, 0.25) is 6.29 Å². The summed E-state index contributed by atoms with van der Waals surface area (Å²) in [6.45, 7) is 0. The summed E-state index contributed by atoms with van der Waals surface area (Å²) in [5, 5.41) is 0. The Morgan fingerprint density at radius 2 is 2.00 bits per heavy atom. The summed E-state index contributed by atoms with van der Waals surface area (Å²) in [5.74, 6) is 0. The maximum Gasteiger partial charge on any atom is 0.361 e. The van der Waals surface area contributed by atoms with E-state index >= 15 is 0 Å². The number of rotatable bonds is 2. The molecular formula is C8H6N2O. The molecule has 0 unspecified atom stereocenters. The predicted molar refractivity (Wildman–Crippen MR) is 40.2 cm³/mol. The van der Waals surface area contributed by atoms with Gasteiger partial charge in [0, 0.05) is 0 Å². The van der Waals surface area contributed by atoms with Gasteiger partial charge in [-0.25, -0.2) is 0 Å². The SMILES string of the molecule is [N-]=[N+]=C(C=O)c1ccccc1. The first-order valence-electron chi connectivity index (χ1n) is 3.11. The maximum atomic E-state index is 10.2. The first-order chi connectivity index (χ1) is 5.38. The van der Waals surface area contributed by atoms with Crippen LogP contribution in [0.2, 0.25) is 0 Å². The summed E-state index contributed by atoms with van der Waals surface area (Å²) in [4.78, 5) is 13.1. The molecule has 1 aromatic carbocycles. The zero-order chi connectivity index (χ0) is 8.10. The van der Waals surface area contributed by atoms with Crippen molar-refractivity contribution in [2.24, 2.45) is 0 Å². The van der Waals surface area contributed by atoms with Crippen LogP contribution in [0.25, 0.3) is 5.53 Å². The minimum atomic E-state index is 0.0469. The third kappa shape index (κ3) is 1.60. The van der Waals surface area contributed by atoms with E-state index in [0.29, 0.717) is 11.8 Å². The van der Waals surface area contributed by atoms with Crippen LogP contribution in [-0.4, -0.2) is 16.8 Å². The standard InChI is InChI=1S/C8H6N2O/c9-10-8(6-11)7-4-2-1-3-5-7/h1-6H. The Balaban J connectivity index is 3.11. The molecule has 0 N–H and O–H groups in total. The molecule has 0 heterocycles. The topological polar surface area (TPSA) is 53.5 Å². The molecule has 0 spiro atoms. The number of carbonyl (C=O) groups excluding carboxylic acids is 1. The van der Waals surface area contributed by atoms with Crippen LogP contribution in [0, 0.1) is 0 Å². The lowest BCUT2D eigenvalue weighted by Gasteiger charge is -1.85. The van der Waals surface area contributed by atoms with Crippen LogP contribution < -0.4 is 0 Å². The van der Waals surface area contributed by atoms with Crippen molar-refractivity contribution in [2.45, 2.75) is 0 Å². The van der Waals surface area contributed by atoms with Crippen LogP contribution >= 0.6 is 0 Å². The molecule has 0 amide bonds. The van der Waals surface area contributed by atoms with Crippen molar-refractivity contribution in [1.82, 2.24) is 0 Å². The summed E-state index contributed by atoms with van der Waals surface area (Å²) in [6.07, 6.45) is 0.509. The summed E-state index contributed by atoms with van der Waals surface area (Å²) in [7, 11) is 0. The molecule has 0 aromatic heterocycles. The quantitative estimate of drug-likeness (QED) is 0.265. The van der Waals surface area contributed by atoms with E-state index in [1.807, 2.05) is 6.07 Å². The molecule has 0 bridgehead atoms. The molecule has 0 atom stereocenters. The van der Waals surface area contributed by atoms with Gasteiger partial charge in [0.1, 0.15) is 0 Å². The van der Waals surface area contributed by atoms with Crippen molar-refractivity contribution in [3.05, 3.63) is 41.4 Å². The molecule has 3 heteroatoms. The highest BCUT2D eigenvalue weighted by Crippen LogP contribution is 1.96. The Morgan fingerprint density at radius 1 is 1.36 bits per heavy atom. The van der Waals surface area contributed by atoms with Crippen LogP contribution in [0.15, 0.2) is 30.3 Å². The second-order valence-corrected chi connectivity index (χ2v) is 1.97. The highest BCUT2D eigenvalue weighted by Gasteiger charge is 2.07. The third-order valence-electron chi connectivity index (χ3n) is 1.29. The van der Waals surface area contributed by atoms with Gasteiger partial charge in [-0.1, -0.05) is 18.2 Å². The molecule has 1 rings (SSSR count). The Morgan fingerprint density at radius 3 is 2.45 bits per heavy atom. The monoisotopic (exact) mass is 146 g/mol. The van der Waals surface area contributed by atoms with Crippen LogP contribution in [0.5, 0.6) is 0 Å². The molecule has 0 aliphatic carbocycles. The second kappa shape index (κ2) is 3.44. The van der Waals surface area contributed by atoms with Crippen LogP contribution in [0.1, 0.15) is 5.56 Å². The van der Waals surface area contributed by atoms with Crippen molar-refractivity contribution < 1.29 is 9.58 Å². The van der Waals surface area contributed by atoms with E-state index in [2.05, 4.69) is 4.79 Å². The largest absolute Gasteiger partial charge is 0.361 e. The van der Waals surface area contributed by atoms with Gasteiger partial charge in [0.25, 0.3) is 0 Å². The van der Waals surface area contributed by atoms with E-state index in [1.54, 1.807) is 24.3 Å². The van der Waals surface area contributed by atoms with E-state index in [9.17, 15) is 4.79 Å². The predicted octanol–water partition coefficient (Wildman–Crippen LogP) is 0.904. The normalized spacial score (nSPS) is 8.36. The van der Waals surface area contributed by atoms with Gasteiger partial charge < -0.3 is 5.53 Å². The van der Waals surface area contributed by atoms with Crippen LogP contribution in [-0.2, 0) is 4.79 Å². The van der Waals surface area contributed by atoms with Crippen molar-refractivity contribution in [1.29, 1.82) is 0 Å². The smallest absolute Gasteiger partial charge is 0.361 e. The number of carbonyl (C=O) groups is 1. The van der Waals surface area contributed by atoms with Gasteiger partial charge in [-0.15, -0.1) is 0 Å². The lowest BCUT2D eigenvalue weighted by atomic mass is 10.1. The second-order valence-electron chi connectivity index (χ2n) is 1.97. The van der Waals surface area contributed by atoms with E-state index in [1.165, 1.54) is 0 Å². The lowest BCUT2D eigenvalue weighted by molar-refractivity contribution is -0.106. The van der Waals surface area contributed by atoms with Gasteiger partial charge in [0.15, 0.2) is 0 Å². The number of benzene rings is 1. The van der Waals surface area contributed by atoms with Gasteiger partial charge >= 0.3 is 5.71 Å². The Hall–Kier alpha value is -1.73. The van der Waals surface area contributed by atoms with Crippen LogP contribution in [0.3, 0.4) is 0 Å². The van der Waals surface area contributed by atoms with Gasteiger partial charge in [-0.05, 0) is 12.1 Å². The molecule has 11 heavy (non-hydrogen) atoms. The fraction of sp³-hybridized carbons (Fsp3) is 0. The van der Waals surface area contributed by atoms with Crippen molar-refractivity contribution >= 4 is 12.0 Å². The fourth-order valence-corrected chi connectivity index (χ4v) is 0.758. The van der Waals surface area contributed by atoms with Gasteiger partial charge in [-0.2, -0.15) is 4.79 Å². The molecule has 1 aromatic rings. The Labute approximate surface area is 63.9 Å². The maximum absolute atomic E-state index is 10.2. The molecule has 54 valence electrons. The van der Waals surface area contributed by atoms with Gasteiger partial charge in [0.05, 0.1) is 5.56 Å². The summed E-state index contributed by atoms with van der Waals surface area (Å²) >= 11 is 0. The third-order valence-corrected chi connectivity index (χ3v) is 1.29. The highest BCUT2D eigenvalue weighted by atomic mass is 16.1. The summed E-state index contributed by atoms with van der Waals surface area (Å²) in [6, 6.07) is 8.75. The Bertz CT molecular complexity index is 299. The van der Waals surface area contributed by atoms with E-state index in [4.69, 9.17) is 5.53 Å². The molecule has 0 fully saturated rings. The zero-order valence-electron chi connectivity index (χ0n) is 5.77. The molecule has 0 radical (unpaired) electrons. The van der Waals surface area contributed by atoms with Crippen LogP contribution in [0.4, 0.5) is 0 Å². The number of aldehydes is 1. The minimum absolute atomic E-state index is 0.0469. The van der Waals surface area contributed by atoms with E-state index in [0.717, 1.165) is 0 Å². The minimum Gasteiger partial charge on any atom is -0.361 e. The van der Waals surface area contributed by atoms with Crippen molar-refractivity contribution in [3.8, 4) is 0 Å². The first kappa shape index (κ1) is 7.38. The van der Waals surface area contributed by atoms with Crippen molar-refractivity contribution in [2.75, 3.05) is 0 Å². The molecule has 0 saturated heterocycles. The Kier molecular flexibility index (Phi) is 2.31. The van der Waals surface area contributed by atoms with Gasteiger partial charge in [-0.3, -0.25) is 4.79 Å².